The molecule has 0 saturated heterocycles. The minimum Gasteiger partial charge on any atom is -0.548 e. The first-order valence-corrected chi connectivity index (χ1v) is 6.10. The fraction of sp³-hybridized carbons (Fsp3) is 0.600. The predicted molar refractivity (Wildman–Crippen MR) is 49.3 cm³/mol. The van der Waals surface area contributed by atoms with E-state index >= 15 is 0 Å². The number of carbonyl (C=O) groups is 2. The molecule has 0 aliphatic carbocycles. The zero-order valence-corrected chi connectivity index (χ0v) is 10.4. The Bertz CT molecular complexity index is 407. The van der Waals surface area contributed by atoms with Gasteiger partial charge in [0, 0.05) is 0 Å². The van der Waals surface area contributed by atoms with Crippen molar-refractivity contribution in [3.05, 3.63) is 0 Å². The molecule has 0 fully saturated rings. The van der Waals surface area contributed by atoms with Crippen LogP contribution in [0.3, 0.4) is 0 Å². The van der Waals surface area contributed by atoms with E-state index in [2.05, 4.69) is 0 Å². The van der Waals surface area contributed by atoms with Crippen molar-refractivity contribution in [1.29, 1.82) is 0 Å². The predicted octanol–water partition coefficient (Wildman–Crippen LogP) is -0.606. The number of hydrogen-bond acceptors (Lipinski definition) is 4. The summed E-state index contributed by atoms with van der Waals surface area (Å²) in [6.07, 6.45) is -5.63. The van der Waals surface area contributed by atoms with Crippen LogP contribution in [0.2, 0.25) is 0 Å². The van der Waals surface area contributed by atoms with E-state index in [9.17, 15) is 32.4 Å². The molecule has 1 amide bonds. The summed E-state index contributed by atoms with van der Waals surface area (Å²) in [6.45, 7) is -1.85. The third-order valence-electron chi connectivity index (χ3n) is 1.45. The second-order valence-corrected chi connectivity index (χ2v) is 6.36. The van der Waals surface area contributed by atoms with Gasteiger partial charge in [-0.1, -0.05) is 23.2 Å². The molecule has 0 saturated carbocycles. The second-order valence-electron chi connectivity index (χ2n) is 2.81. The number of carboxylic acids is 1. The Hall–Kier alpha value is -0.540. The molecule has 106 valence electrons. The topological polar surface area (TPSA) is 118 Å². The van der Waals surface area contributed by atoms with E-state index in [0.29, 0.717) is 0 Å². The number of carbonyl (C=O) groups excluding carboxylic acids is 2. The van der Waals surface area contributed by atoms with Crippen molar-refractivity contribution in [2.24, 2.45) is 0 Å². The Kier molecular flexibility index (Phi) is 5.06. The van der Waals surface area contributed by atoms with Crippen LogP contribution in [0.1, 0.15) is 0 Å². The van der Waals surface area contributed by atoms with Crippen LogP contribution in [-0.2, 0) is 14.2 Å². The number of nitrogens with zero attached hydrogens (tertiary/aromatic N) is 1. The number of aliphatic carboxylic acids is 1. The number of hydrogen-bond donors (Lipinski definition) is 2. The zero-order chi connectivity index (χ0) is 14.9. The van der Waals surface area contributed by atoms with Gasteiger partial charge in [-0.05, 0) is 0 Å². The molecule has 0 heterocycles. The Morgan fingerprint density at radius 3 is 1.89 bits per heavy atom. The first-order valence-electron chi connectivity index (χ1n) is 3.73. The van der Waals surface area contributed by atoms with Gasteiger partial charge in [0.05, 0.1) is 12.5 Å². The van der Waals surface area contributed by atoms with Crippen molar-refractivity contribution < 1.29 is 42.2 Å². The molecule has 0 aliphatic rings. The molecular weight excluding hydrogens is 329 g/mol. The fourth-order valence-electron chi connectivity index (χ4n) is 0.728. The number of carboxylic acid groups (broad SMARTS) is 1. The third kappa shape index (κ3) is 3.99. The summed E-state index contributed by atoms with van der Waals surface area (Å²) < 4.78 is 43.4. The van der Waals surface area contributed by atoms with Gasteiger partial charge in [0.25, 0.3) is 4.20 Å². The van der Waals surface area contributed by atoms with Gasteiger partial charge in [-0.3, -0.25) is 14.3 Å². The van der Waals surface area contributed by atoms with E-state index in [1.54, 1.807) is 0 Å². The van der Waals surface area contributed by atoms with Crippen LogP contribution in [-0.4, -0.2) is 43.5 Å². The molecule has 0 aliphatic heterocycles. The first-order chi connectivity index (χ1) is 7.71. The summed E-state index contributed by atoms with van der Waals surface area (Å²) in [4.78, 5) is 37.3. The maximum absolute atomic E-state index is 12.1. The Morgan fingerprint density at radius 2 is 1.67 bits per heavy atom. The molecule has 0 spiro atoms. The van der Waals surface area contributed by atoms with Crippen molar-refractivity contribution in [3.8, 4) is 0 Å². The van der Waals surface area contributed by atoms with Crippen molar-refractivity contribution in [2.45, 2.75) is 10.4 Å². The summed E-state index contributed by atoms with van der Waals surface area (Å²) in [7, 11) is -5.66. The zero-order valence-electron chi connectivity index (χ0n) is 8.02. The van der Waals surface area contributed by atoms with Crippen molar-refractivity contribution >= 4 is 42.7 Å². The van der Waals surface area contributed by atoms with E-state index in [4.69, 9.17) is 33.0 Å². The van der Waals surface area contributed by atoms with Crippen LogP contribution in [0.4, 0.5) is 13.2 Å². The highest BCUT2D eigenvalue weighted by molar-refractivity contribution is 7.58. The quantitative estimate of drug-likeness (QED) is 0.403. The summed E-state index contributed by atoms with van der Waals surface area (Å²) in [5, 5.41) is 10.2. The van der Waals surface area contributed by atoms with Crippen LogP contribution in [0, 0.1) is 0 Å². The van der Waals surface area contributed by atoms with Crippen LogP contribution in [0.25, 0.3) is 0 Å². The molecule has 0 bridgehead atoms. The molecule has 7 nitrogen and oxygen atoms in total. The lowest BCUT2D eigenvalue weighted by molar-refractivity contribution is -0.306. The molecule has 0 rings (SSSR count). The minimum absolute atomic E-state index is 0.938. The highest BCUT2D eigenvalue weighted by Crippen LogP contribution is 2.58. The largest absolute Gasteiger partial charge is 0.548 e. The van der Waals surface area contributed by atoms with Crippen molar-refractivity contribution in [3.63, 3.8) is 0 Å². The van der Waals surface area contributed by atoms with Gasteiger partial charge in [0.15, 0.2) is 0 Å². The van der Waals surface area contributed by atoms with Crippen LogP contribution in [0.5, 0.6) is 0 Å². The molecule has 0 atom stereocenters. The maximum Gasteiger partial charge on any atom is 0.471 e. The number of amides is 1. The monoisotopic (exact) mass is 332 g/mol. The SMILES string of the molecule is O=C([O-])CN(C(=O)C(F)(F)F)C(Cl)(Cl)P(=O)(O)O. The molecular formula is C5H4Cl2F3NO6P-. The van der Waals surface area contributed by atoms with Gasteiger partial charge in [0.2, 0.25) is 0 Å². The Morgan fingerprint density at radius 1 is 1.28 bits per heavy atom. The van der Waals surface area contributed by atoms with E-state index in [1.807, 2.05) is 0 Å². The highest BCUT2D eigenvalue weighted by atomic mass is 35.5. The second kappa shape index (κ2) is 5.22. The lowest BCUT2D eigenvalue weighted by Crippen LogP contribution is -2.54. The maximum atomic E-state index is 12.1. The molecule has 0 unspecified atom stereocenters. The Labute approximate surface area is 107 Å². The van der Waals surface area contributed by atoms with Gasteiger partial charge in [0.1, 0.15) is 0 Å². The summed E-state index contributed by atoms with van der Waals surface area (Å²) in [5.74, 6) is -5.17. The van der Waals surface area contributed by atoms with Gasteiger partial charge >= 0.3 is 19.7 Å². The third-order valence-corrected chi connectivity index (χ3v) is 4.12. The van der Waals surface area contributed by atoms with E-state index in [0.717, 1.165) is 0 Å². The average molecular weight is 333 g/mol. The fourth-order valence-corrected chi connectivity index (χ4v) is 1.48. The molecule has 0 aromatic heterocycles. The van der Waals surface area contributed by atoms with Gasteiger partial charge < -0.3 is 19.7 Å². The normalized spacial score (nSPS) is 13.3. The van der Waals surface area contributed by atoms with Gasteiger partial charge in [-0.2, -0.15) is 13.2 Å². The molecule has 0 aromatic rings. The van der Waals surface area contributed by atoms with Crippen molar-refractivity contribution in [2.75, 3.05) is 6.54 Å². The number of halogens is 5. The average Bonchev–Trinajstić information content (AvgIpc) is 2.09. The lowest BCUT2D eigenvalue weighted by Gasteiger charge is -2.34. The van der Waals surface area contributed by atoms with Crippen LogP contribution >= 0.6 is 30.8 Å². The van der Waals surface area contributed by atoms with Crippen molar-refractivity contribution in [1.82, 2.24) is 4.90 Å². The number of alkyl halides is 5. The first kappa shape index (κ1) is 17.5. The summed E-state index contributed by atoms with van der Waals surface area (Å²) in [6, 6.07) is 0. The molecule has 0 radical (unpaired) electrons. The van der Waals surface area contributed by atoms with E-state index in [1.165, 1.54) is 0 Å². The Balaban J connectivity index is 5.59. The molecule has 13 heteroatoms. The smallest absolute Gasteiger partial charge is 0.471 e. The van der Waals surface area contributed by atoms with E-state index in [-0.39, 0.29) is 0 Å². The van der Waals surface area contributed by atoms with Gasteiger partial charge in [-0.15, -0.1) is 0 Å². The summed E-state index contributed by atoms with van der Waals surface area (Å²) >= 11 is 9.88. The number of rotatable bonds is 4. The standard InChI is InChI=1S/C5H5Cl2F3NO6P/c6-5(7,18(15,16)17)11(1-2(12)13)3(14)4(8,9)10/h1H2,(H,12,13)(H2,15,16,17)/p-1. The van der Waals surface area contributed by atoms with Crippen LogP contribution < -0.4 is 5.11 Å². The minimum atomic E-state index is -5.66. The summed E-state index contributed by atoms with van der Waals surface area (Å²) in [5.41, 5.74) is 0. The van der Waals surface area contributed by atoms with E-state index < -0.39 is 41.3 Å². The lowest BCUT2D eigenvalue weighted by atomic mass is 10.5. The van der Waals surface area contributed by atoms with Crippen LogP contribution in [0.15, 0.2) is 0 Å². The molecule has 0 aromatic carbocycles. The highest BCUT2D eigenvalue weighted by Gasteiger charge is 2.57. The van der Waals surface area contributed by atoms with Gasteiger partial charge in [-0.25, -0.2) is 0 Å². The molecule has 18 heavy (non-hydrogen) atoms. The molecule has 2 N–H and O–H groups in total.